The minimum Gasteiger partial charge on any atom is -0.409 e. The van der Waals surface area contributed by atoms with Crippen LogP contribution in [0.25, 0.3) is 0 Å². The van der Waals surface area contributed by atoms with Crippen molar-refractivity contribution in [2.45, 2.75) is 72.3 Å². The fourth-order valence-electron chi connectivity index (χ4n) is 3.15. The maximum atomic E-state index is 8.82. The SMILES string of the molecule is CC(C)CN(CCCC(C)(C)C(N)=NO)C1CCCC1. The lowest BCUT2D eigenvalue weighted by Gasteiger charge is -2.32. The quantitative estimate of drug-likeness (QED) is 0.310. The summed E-state index contributed by atoms with van der Waals surface area (Å²) in [5.74, 6) is 1.06. The van der Waals surface area contributed by atoms with Crippen molar-refractivity contribution in [3.63, 3.8) is 0 Å². The molecule has 1 aliphatic rings. The van der Waals surface area contributed by atoms with E-state index in [0.717, 1.165) is 25.4 Å². The van der Waals surface area contributed by atoms with Crippen molar-refractivity contribution in [3.05, 3.63) is 0 Å². The third kappa shape index (κ3) is 5.31. The number of amidine groups is 1. The molecule has 0 unspecified atom stereocenters. The van der Waals surface area contributed by atoms with E-state index in [2.05, 4.69) is 23.9 Å². The number of nitrogens with two attached hydrogens (primary N) is 1. The minimum absolute atomic E-state index is 0.214. The molecule has 0 aromatic heterocycles. The van der Waals surface area contributed by atoms with Crippen LogP contribution in [0.1, 0.15) is 66.2 Å². The van der Waals surface area contributed by atoms with E-state index in [-0.39, 0.29) is 5.41 Å². The lowest BCUT2D eigenvalue weighted by atomic mass is 9.86. The molecule has 1 saturated carbocycles. The molecule has 0 amide bonds. The van der Waals surface area contributed by atoms with Crippen LogP contribution in [0.4, 0.5) is 0 Å². The van der Waals surface area contributed by atoms with Gasteiger partial charge in [0.2, 0.25) is 0 Å². The van der Waals surface area contributed by atoms with Gasteiger partial charge in [-0.05, 0) is 38.1 Å². The third-order valence-electron chi connectivity index (χ3n) is 4.49. The first-order valence-electron chi connectivity index (χ1n) is 8.09. The fraction of sp³-hybridized carbons (Fsp3) is 0.938. The molecule has 0 aliphatic heterocycles. The number of rotatable bonds is 8. The Hall–Kier alpha value is -0.770. The van der Waals surface area contributed by atoms with Crippen molar-refractivity contribution >= 4 is 5.84 Å². The second kappa shape index (κ2) is 7.87. The fourth-order valence-corrected chi connectivity index (χ4v) is 3.15. The van der Waals surface area contributed by atoms with E-state index in [9.17, 15) is 0 Å². The molecule has 0 spiro atoms. The molecule has 0 aromatic rings. The van der Waals surface area contributed by atoms with Crippen molar-refractivity contribution in [1.82, 2.24) is 4.90 Å². The monoisotopic (exact) mass is 283 g/mol. The molecule has 1 aliphatic carbocycles. The van der Waals surface area contributed by atoms with Gasteiger partial charge < -0.3 is 15.8 Å². The van der Waals surface area contributed by atoms with E-state index in [4.69, 9.17) is 10.9 Å². The first kappa shape index (κ1) is 17.3. The first-order chi connectivity index (χ1) is 9.36. The average Bonchev–Trinajstić information content (AvgIpc) is 2.89. The molecule has 4 heteroatoms. The predicted octanol–water partition coefficient (Wildman–Crippen LogP) is 3.44. The van der Waals surface area contributed by atoms with Gasteiger partial charge in [0.05, 0.1) is 0 Å². The van der Waals surface area contributed by atoms with Crippen molar-refractivity contribution in [2.75, 3.05) is 13.1 Å². The molecule has 3 N–H and O–H groups in total. The molecule has 1 rings (SSSR count). The number of hydrogen-bond acceptors (Lipinski definition) is 3. The van der Waals surface area contributed by atoms with Gasteiger partial charge in [0, 0.05) is 18.0 Å². The Labute approximate surface area is 124 Å². The first-order valence-corrected chi connectivity index (χ1v) is 8.09. The summed E-state index contributed by atoms with van der Waals surface area (Å²) in [5, 5.41) is 12.0. The minimum atomic E-state index is -0.214. The van der Waals surface area contributed by atoms with Crippen molar-refractivity contribution in [1.29, 1.82) is 0 Å². The van der Waals surface area contributed by atoms with Crippen LogP contribution in [0.2, 0.25) is 0 Å². The summed E-state index contributed by atoms with van der Waals surface area (Å²) in [6.07, 6.45) is 7.55. The van der Waals surface area contributed by atoms with Crippen LogP contribution in [0.5, 0.6) is 0 Å². The highest BCUT2D eigenvalue weighted by atomic mass is 16.4. The zero-order valence-electron chi connectivity index (χ0n) is 13.7. The summed E-state index contributed by atoms with van der Waals surface area (Å²) in [5.41, 5.74) is 5.54. The van der Waals surface area contributed by atoms with Gasteiger partial charge in [0.25, 0.3) is 0 Å². The zero-order valence-corrected chi connectivity index (χ0v) is 13.7. The molecule has 0 saturated heterocycles. The smallest absolute Gasteiger partial charge is 0.144 e. The van der Waals surface area contributed by atoms with E-state index < -0.39 is 0 Å². The Morgan fingerprint density at radius 1 is 1.35 bits per heavy atom. The summed E-state index contributed by atoms with van der Waals surface area (Å²) in [6, 6.07) is 0.782. The van der Waals surface area contributed by atoms with Crippen LogP contribution in [0, 0.1) is 11.3 Å². The largest absolute Gasteiger partial charge is 0.409 e. The second-order valence-electron chi connectivity index (χ2n) is 7.30. The number of hydrogen-bond donors (Lipinski definition) is 2. The average molecular weight is 283 g/mol. The Bertz CT molecular complexity index is 307. The van der Waals surface area contributed by atoms with Gasteiger partial charge in [-0.3, -0.25) is 0 Å². The number of oxime groups is 1. The van der Waals surface area contributed by atoms with Gasteiger partial charge in [-0.15, -0.1) is 0 Å². The molecular formula is C16H33N3O. The van der Waals surface area contributed by atoms with Gasteiger partial charge in [0.15, 0.2) is 0 Å². The highest BCUT2D eigenvalue weighted by Crippen LogP contribution is 2.27. The second-order valence-corrected chi connectivity index (χ2v) is 7.30. The predicted molar refractivity (Wildman–Crippen MR) is 85.1 cm³/mol. The van der Waals surface area contributed by atoms with E-state index in [1.165, 1.54) is 32.2 Å². The Balaban J connectivity index is 2.45. The van der Waals surface area contributed by atoms with Crippen molar-refractivity contribution < 1.29 is 5.21 Å². The molecular weight excluding hydrogens is 250 g/mol. The summed E-state index contributed by atoms with van der Waals surface area (Å²) in [7, 11) is 0. The zero-order chi connectivity index (χ0) is 15.2. The molecule has 0 aromatic carbocycles. The summed E-state index contributed by atoms with van der Waals surface area (Å²) < 4.78 is 0. The molecule has 0 atom stereocenters. The van der Waals surface area contributed by atoms with E-state index in [0.29, 0.717) is 11.8 Å². The van der Waals surface area contributed by atoms with Crippen LogP contribution in [-0.2, 0) is 0 Å². The standard InChI is InChI=1S/C16H33N3O/c1-13(2)12-19(14-8-5-6-9-14)11-7-10-16(3,4)15(17)18-20/h13-14,20H,5-12H2,1-4H3,(H2,17,18). The van der Waals surface area contributed by atoms with Gasteiger partial charge in [-0.25, -0.2) is 0 Å². The number of nitrogens with zero attached hydrogens (tertiary/aromatic N) is 2. The Morgan fingerprint density at radius 2 is 1.95 bits per heavy atom. The molecule has 4 nitrogen and oxygen atoms in total. The highest BCUT2D eigenvalue weighted by molar-refractivity contribution is 5.85. The van der Waals surface area contributed by atoms with Crippen LogP contribution in [0.3, 0.4) is 0 Å². The summed E-state index contributed by atoms with van der Waals surface area (Å²) in [4.78, 5) is 2.67. The normalized spacial score (nSPS) is 18.4. The highest BCUT2D eigenvalue weighted by Gasteiger charge is 2.26. The van der Waals surface area contributed by atoms with E-state index in [1.807, 2.05) is 13.8 Å². The summed E-state index contributed by atoms with van der Waals surface area (Å²) >= 11 is 0. The molecule has 0 radical (unpaired) electrons. The van der Waals surface area contributed by atoms with Crippen LogP contribution in [-0.4, -0.2) is 35.1 Å². The van der Waals surface area contributed by atoms with Gasteiger partial charge >= 0.3 is 0 Å². The lowest BCUT2D eigenvalue weighted by Crippen LogP contribution is -2.38. The molecule has 118 valence electrons. The molecule has 0 heterocycles. The van der Waals surface area contributed by atoms with Gasteiger partial charge in [0.1, 0.15) is 5.84 Å². The lowest BCUT2D eigenvalue weighted by molar-refractivity contribution is 0.169. The van der Waals surface area contributed by atoms with Crippen LogP contribution >= 0.6 is 0 Å². The topological polar surface area (TPSA) is 61.8 Å². The van der Waals surface area contributed by atoms with Gasteiger partial charge in [-0.2, -0.15) is 0 Å². The maximum Gasteiger partial charge on any atom is 0.144 e. The van der Waals surface area contributed by atoms with Crippen molar-refractivity contribution in [2.24, 2.45) is 22.2 Å². The Kier molecular flexibility index (Phi) is 6.80. The summed E-state index contributed by atoms with van der Waals surface area (Å²) in [6.45, 7) is 11.0. The Morgan fingerprint density at radius 3 is 2.45 bits per heavy atom. The molecule has 1 fully saturated rings. The molecule has 20 heavy (non-hydrogen) atoms. The van der Waals surface area contributed by atoms with E-state index in [1.54, 1.807) is 0 Å². The third-order valence-corrected chi connectivity index (χ3v) is 4.49. The maximum absolute atomic E-state index is 8.82. The van der Waals surface area contributed by atoms with Gasteiger partial charge in [-0.1, -0.05) is 45.7 Å². The van der Waals surface area contributed by atoms with Crippen LogP contribution in [0.15, 0.2) is 5.16 Å². The van der Waals surface area contributed by atoms with Crippen LogP contribution < -0.4 is 5.73 Å². The molecule has 0 bridgehead atoms. The van der Waals surface area contributed by atoms with Crippen molar-refractivity contribution in [3.8, 4) is 0 Å². The van der Waals surface area contributed by atoms with E-state index >= 15 is 0 Å².